The number of rotatable bonds is 6. The summed E-state index contributed by atoms with van der Waals surface area (Å²) in [6.45, 7) is 2.89. The molecule has 0 aromatic heterocycles. The first-order valence-corrected chi connectivity index (χ1v) is 7.85. The van der Waals surface area contributed by atoms with Crippen LogP contribution in [0.4, 0.5) is 5.69 Å². The molecule has 4 nitrogen and oxygen atoms in total. The van der Waals surface area contributed by atoms with Crippen molar-refractivity contribution in [1.29, 1.82) is 0 Å². The van der Waals surface area contributed by atoms with Crippen LogP contribution in [0.25, 0.3) is 0 Å². The molecule has 0 amide bonds. The van der Waals surface area contributed by atoms with Gasteiger partial charge in [0.05, 0.1) is 29.2 Å². The van der Waals surface area contributed by atoms with Gasteiger partial charge >= 0.3 is 0 Å². The molecule has 0 spiro atoms. The van der Waals surface area contributed by atoms with Crippen LogP contribution in [0.2, 0.25) is 10.0 Å². The first-order valence-electron chi connectivity index (χ1n) is 7.09. The Morgan fingerprint density at radius 3 is 2.48 bits per heavy atom. The fraction of sp³-hybridized carbons (Fsp3) is 0.235. The number of aliphatic imine (C=N–C) groups is 1. The molecule has 0 heterocycles. The second-order valence-corrected chi connectivity index (χ2v) is 5.62. The molecule has 0 saturated carbocycles. The Bertz CT molecular complexity index is 705. The van der Waals surface area contributed by atoms with Crippen LogP contribution in [0.1, 0.15) is 6.92 Å². The van der Waals surface area contributed by atoms with Gasteiger partial charge in [0.25, 0.3) is 0 Å². The lowest BCUT2D eigenvalue weighted by molar-refractivity contribution is 0.379. The van der Waals surface area contributed by atoms with Crippen molar-refractivity contribution in [3.63, 3.8) is 0 Å². The van der Waals surface area contributed by atoms with Crippen LogP contribution < -0.4 is 9.47 Å². The molecule has 2 aromatic rings. The summed E-state index contributed by atoms with van der Waals surface area (Å²) in [6, 6.07) is 10.6. The van der Waals surface area contributed by atoms with Crippen LogP contribution in [0.3, 0.4) is 0 Å². The van der Waals surface area contributed by atoms with E-state index < -0.39 is 0 Å². The Morgan fingerprint density at radius 1 is 1.09 bits per heavy atom. The average Bonchev–Trinajstić information content (AvgIpc) is 2.55. The lowest BCUT2D eigenvalue weighted by Crippen LogP contribution is -2.14. The van der Waals surface area contributed by atoms with Crippen molar-refractivity contribution in [1.82, 2.24) is 4.90 Å². The van der Waals surface area contributed by atoms with E-state index in [9.17, 15) is 0 Å². The Labute approximate surface area is 146 Å². The third-order valence-corrected chi connectivity index (χ3v) is 3.80. The third-order valence-electron chi connectivity index (χ3n) is 3.18. The first kappa shape index (κ1) is 17.4. The van der Waals surface area contributed by atoms with Crippen LogP contribution >= 0.6 is 23.2 Å². The van der Waals surface area contributed by atoms with Crippen LogP contribution in [-0.4, -0.2) is 31.9 Å². The minimum atomic E-state index is 0.466. The van der Waals surface area contributed by atoms with Crippen molar-refractivity contribution in [3.05, 3.63) is 46.4 Å². The molecule has 0 bridgehead atoms. The zero-order chi connectivity index (χ0) is 16.8. The Morgan fingerprint density at radius 2 is 1.83 bits per heavy atom. The molecule has 0 unspecified atom stereocenters. The largest absolute Gasteiger partial charge is 0.493 e. The molecule has 0 aliphatic carbocycles. The Balaban J connectivity index is 2.33. The number of para-hydroxylation sites is 1. The van der Waals surface area contributed by atoms with E-state index in [2.05, 4.69) is 4.99 Å². The van der Waals surface area contributed by atoms with E-state index in [0.29, 0.717) is 33.0 Å². The summed E-state index contributed by atoms with van der Waals surface area (Å²) in [4.78, 5) is 6.30. The second kappa shape index (κ2) is 8.09. The van der Waals surface area contributed by atoms with Gasteiger partial charge in [0.2, 0.25) is 0 Å². The SMILES string of the molecule is CCN(C)C=Nc1cc(OC)c(Oc2ccccc2Cl)cc1Cl. The zero-order valence-electron chi connectivity index (χ0n) is 13.2. The van der Waals surface area contributed by atoms with Gasteiger partial charge in [-0.3, -0.25) is 0 Å². The van der Waals surface area contributed by atoms with E-state index in [-0.39, 0.29) is 0 Å². The minimum Gasteiger partial charge on any atom is -0.493 e. The normalized spacial score (nSPS) is 10.8. The highest BCUT2D eigenvalue weighted by atomic mass is 35.5. The zero-order valence-corrected chi connectivity index (χ0v) is 14.7. The van der Waals surface area contributed by atoms with Gasteiger partial charge in [-0.25, -0.2) is 4.99 Å². The number of nitrogens with zero attached hydrogens (tertiary/aromatic N) is 2. The molecule has 122 valence electrons. The molecule has 23 heavy (non-hydrogen) atoms. The standard InChI is InChI=1S/C17H18Cl2N2O2/c1-4-21(2)11-20-14-10-16(22-3)17(9-13(14)19)23-15-8-6-5-7-12(15)18/h5-11H,4H2,1-3H3. The van der Waals surface area contributed by atoms with E-state index in [1.165, 1.54) is 0 Å². The number of hydrogen-bond acceptors (Lipinski definition) is 3. The number of ether oxygens (including phenoxy) is 2. The van der Waals surface area contributed by atoms with Gasteiger partial charge in [-0.2, -0.15) is 0 Å². The molecule has 0 atom stereocenters. The lowest BCUT2D eigenvalue weighted by Gasteiger charge is -2.13. The van der Waals surface area contributed by atoms with Crippen LogP contribution in [0.5, 0.6) is 17.2 Å². The molecule has 0 fully saturated rings. The predicted octanol–water partition coefficient (Wildman–Crippen LogP) is 5.41. The molecule has 0 aliphatic heterocycles. The molecule has 0 saturated heterocycles. The van der Waals surface area contributed by atoms with Gasteiger partial charge in [0, 0.05) is 25.7 Å². The summed E-state index contributed by atoms with van der Waals surface area (Å²) in [5.41, 5.74) is 0.607. The second-order valence-electron chi connectivity index (χ2n) is 4.80. The smallest absolute Gasteiger partial charge is 0.170 e. The maximum absolute atomic E-state index is 6.29. The minimum absolute atomic E-state index is 0.466. The van der Waals surface area contributed by atoms with Gasteiger partial charge in [-0.05, 0) is 19.1 Å². The van der Waals surface area contributed by atoms with E-state index in [0.717, 1.165) is 6.54 Å². The van der Waals surface area contributed by atoms with Crippen LogP contribution in [0, 0.1) is 0 Å². The summed E-state index contributed by atoms with van der Waals surface area (Å²) in [6.07, 6.45) is 1.72. The third kappa shape index (κ3) is 4.53. The van der Waals surface area contributed by atoms with Gasteiger partial charge in [0.15, 0.2) is 11.5 Å². The van der Waals surface area contributed by atoms with Crippen molar-refractivity contribution in [2.75, 3.05) is 20.7 Å². The van der Waals surface area contributed by atoms with E-state index in [1.807, 2.05) is 31.0 Å². The fourth-order valence-corrected chi connectivity index (χ4v) is 2.13. The van der Waals surface area contributed by atoms with Crippen molar-refractivity contribution >= 4 is 35.2 Å². The fourth-order valence-electron chi connectivity index (χ4n) is 1.75. The van der Waals surface area contributed by atoms with Crippen LogP contribution in [-0.2, 0) is 0 Å². The molecule has 0 radical (unpaired) electrons. The number of halogens is 2. The molecule has 0 aliphatic rings. The first-order chi connectivity index (χ1) is 11.0. The molecular formula is C17H18Cl2N2O2. The summed E-state index contributed by atoms with van der Waals surface area (Å²) in [5, 5.41) is 0.978. The van der Waals surface area contributed by atoms with Gasteiger partial charge in [-0.15, -0.1) is 0 Å². The number of hydrogen-bond donors (Lipinski definition) is 0. The lowest BCUT2D eigenvalue weighted by atomic mass is 10.2. The molecular weight excluding hydrogens is 335 g/mol. The Kier molecular flexibility index (Phi) is 6.13. The average molecular weight is 353 g/mol. The topological polar surface area (TPSA) is 34.1 Å². The number of benzene rings is 2. The molecule has 2 rings (SSSR count). The molecule has 6 heteroatoms. The van der Waals surface area contributed by atoms with E-state index in [1.54, 1.807) is 37.7 Å². The van der Waals surface area contributed by atoms with Crippen molar-refractivity contribution < 1.29 is 9.47 Å². The quantitative estimate of drug-likeness (QED) is 0.515. The maximum atomic E-state index is 6.29. The van der Waals surface area contributed by atoms with Crippen molar-refractivity contribution in [2.24, 2.45) is 4.99 Å². The van der Waals surface area contributed by atoms with Crippen LogP contribution in [0.15, 0.2) is 41.4 Å². The highest BCUT2D eigenvalue weighted by Gasteiger charge is 2.12. The predicted molar refractivity (Wildman–Crippen MR) is 96.0 cm³/mol. The molecule has 2 aromatic carbocycles. The summed E-state index contributed by atoms with van der Waals surface area (Å²) < 4.78 is 11.2. The summed E-state index contributed by atoms with van der Waals surface area (Å²) in [5.74, 6) is 1.54. The van der Waals surface area contributed by atoms with E-state index >= 15 is 0 Å². The van der Waals surface area contributed by atoms with E-state index in [4.69, 9.17) is 32.7 Å². The highest BCUT2D eigenvalue weighted by Crippen LogP contribution is 2.41. The number of methoxy groups -OCH3 is 1. The van der Waals surface area contributed by atoms with Gasteiger partial charge in [0.1, 0.15) is 5.75 Å². The summed E-state index contributed by atoms with van der Waals surface area (Å²) in [7, 11) is 3.50. The Hall–Kier alpha value is -1.91. The highest BCUT2D eigenvalue weighted by molar-refractivity contribution is 6.33. The van der Waals surface area contributed by atoms with Crippen molar-refractivity contribution in [2.45, 2.75) is 6.92 Å². The van der Waals surface area contributed by atoms with Crippen molar-refractivity contribution in [3.8, 4) is 17.2 Å². The van der Waals surface area contributed by atoms with Gasteiger partial charge in [-0.1, -0.05) is 35.3 Å². The summed E-state index contributed by atoms with van der Waals surface area (Å²) >= 11 is 12.4. The maximum Gasteiger partial charge on any atom is 0.170 e. The molecule has 0 N–H and O–H groups in total. The van der Waals surface area contributed by atoms with Gasteiger partial charge < -0.3 is 14.4 Å². The monoisotopic (exact) mass is 352 g/mol.